The highest BCUT2D eigenvalue weighted by Gasteiger charge is 2.27. The lowest BCUT2D eigenvalue weighted by molar-refractivity contribution is -0.0327. The van der Waals surface area contributed by atoms with Gasteiger partial charge in [-0.15, -0.1) is 0 Å². The molecule has 0 aromatic heterocycles. The summed E-state index contributed by atoms with van der Waals surface area (Å²) >= 11 is 0.0516. The molecule has 0 radical (unpaired) electrons. The average Bonchev–Trinajstić information content (AvgIpc) is 2.45. The Balaban J connectivity index is 1.60. The zero-order chi connectivity index (χ0) is 15.1. The van der Waals surface area contributed by atoms with E-state index in [1.807, 2.05) is 18.2 Å². The molecule has 1 heterocycles. The average molecular weight is 318 g/mol. The normalized spacial score (nSPS) is 18.0. The Morgan fingerprint density at radius 2 is 1.81 bits per heavy atom. The number of nitrogens with zero attached hydrogens (tertiary/aromatic N) is 1. The molecular weight excluding hydrogens is 297 g/mol. The Morgan fingerprint density at radius 1 is 1.14 bits per heavy atom. The van der Waals surface area contributed by atoms with Gasteiger partial charge in [-0.25, -0.2) is 0 Å². The molecule has 0 aliphatic carbocycles. The second kappa shape index (κ2) is 8.06. The summed E-state index contributed by atoms with van der Waals surface area (Å²) in [6, 6.07) is 10.7. The number of likely N-dealkylation sites (tertiary alicyclic amines) is 1. The predicted octanol–water partition coefficient (Wildman–Crippen LogP) is 3.49. The molecule has 1 aliphatic heterocycles. The van der Waals surface area contributed by atoms with Gasteiger partial charge in [0.2, 0.25) is 0 Å². The largest absolute Gasteiger partial charge is 0.441 e. The number of hydrogen-bond donors (Lipinski definition) is 1. The number of halogens is 3. The SMILES string of the molecule is FC(F)(F)SCCNC1CCN(Cc2ccccc2)CC1. The highest BCUT2D eigenvalue weighted by atomic mass is 32.2. The van der Waals surface area contributed by atoms with E-state index in [0.29, 0.717) is 12.6 Å². The van der Waals surface area contributed by atoms with Gasteiger partial charge in [-0.2, -0.15) is 13.2 Å². The zero-order valence-electron chi connectivity index (χ0n) is 11.9. The number of piperidine rings is 1. The minimum absolute atomic E-state index is 0.0516. The van der Waals surface area contributed by atoms with Gasteiger partial charge >= 0.3 is 5.51 Å². The Bertz CT molecular complexity index is 403. The first kappa shape index (κ1) is 16.6. The molecule has 1 aromatic rings. The molecule has 0 atom stereocenters. The van der Waals surface area contributed by atoms with E-state index in [1.54, 1.807) is 0 Å². The number of alkyl halides is 3. The maximum absolute atomic E-state index is 12.0. The number of benzene rings is 1. The van der Waals surface area contributed by atoms with Gasteiger partial charge in [-0.1, -0.05) is 30.3 Å². The molecule has 6 heteroatoms. The predicted molar refractivity (Wildman–Crippen MR) is 81.3 cm³/mol. The summed E-state index contributed by atoms with van der Waals surface area (Å²) in [5.41, 5.74) is -2.80. The molecule has 2 nitrogen and oxygen atoms in total. The quantitative estimate of drug-likeness (QED) is 0.808. The van der Waals surface area contributed by atoms with Gasteiger partial charge in [-0.05, 0) is 43.3 Å². The van der Waals surface area contributed by atoms with Crippen LogP contribution in [0.2, 0.25) is 0 Å². The van der Waals surface area contributed by atoms with E-state index in [1.165, 1.54) is 5.56 Å². The van der Waals surface area contributed by atoms with Crippen LogP contribution in [0.4, 0.5) is 13.2 Å². The van der Waals surface area contributed by atoms with Crippen LogP contribution in [-0.2, 0) is 6.54 Å². The zero-order valence-corrected chi connectivity index (χ0v) is 12.7. The first-order valence-corrected chi connectivity index (χ1v) is 8.22. The first-order chi connectivity index (χ1) is 10.0. The summed E-state index contributed by atoms with van der Waals surface area (Å²) in [6.45, 7) is 3.38. The molecular formula is C15H21F3N2S. The van der Waals surface area contributed by atoms with E-state index in [4.69, 9.17) is 0 Å². The van der Waals surface area contributed by atoms with Crippen molar-refractivity contribution in [2.75, 3.05) is 25.4 Å². The summed E-state index contributed by atoms with van der Waals surface area (Å²) in [4.78, 5) is 2.40. The third-order valence-corrected chi connectivity index (χ3v) is 4.37. The molecule has 21 heavy (non-hydrogen) atoms. The van der Waals surface area contributed by atoms with Crippen LogP contribution in [0.3, 0.4) is 0 Å². The fraction of sp³-hybridized carbons (Fsp3) is 0.600. The van der Waals surface area contributed by atoms with E-state index in [0.717, 1.165) is 32.5 Å². The van der Waals surface area contributed by atoms with Crippen molar-refractivity contribution >= 4 is 11.8 Å². The van der Waals surface area contributed by atoms with Gasteiger partial charge in [0.1, 0.15) is 0 Å². The van der Waals surface area contributed by atoms with Crippen molar-refractivity contribution < 1.29 is 13.2 Å². The van der Waals surface area contributed by atoms with Crippen molar-refractivity contribution in [1.82, 2.24) is 10.2 Å². The van der Waals surface area contributed by atoms with Crippen molar-refractivity contribution in [2.24, 2.45) is 0 Å². The third kappa shape index (κ3) is 6.72. The molecule has 1 saturated heterocycles. The highest BCUT2D eigenvalue weighted by molar-refractivity contribution is 8.00. The summed E-state index contributed by atoms with van der Waals surface area (Å²) < 4.78 is 36.0. The van der Waals surface area contributed by atoms with Crippen LogP contribution in [0.25, 0.3) is 0 Å². The van der Waals surface area contributed by atoms with Gasteiger partial charge in [0.25, 0.3) is 0 Å². The Kier molecular flexibility index (Phi) is 6.39. The highest BCUT2D eigenvalue weighted by Crippen LogP contribution is 2.29. The lowest BCUT2D eigenvalue weighted by atomic mass is 10.0. The van der Waals surface area contributed by atoms with Crippen LogP contribution in [0.5, 0.6) is 0 Å². The lowest BCUT2D eigenvalue weighted by Gasteiger charge is -2.32. The number of nitrogens with one attached hydrogen (secondary N) is 1. The maximum Gasteiger partial charge on any atom is 0.441 e. The molecule has 0 bridgehead atoms. The lowest BCUT2D eigenvalue weighted by Crippen LogP contribution is -2.42. The van der Waals surface area contributed by atoms with Gasteiger partial charge in [0, 0.05) is 24.9 Å². The van der Waals surface area contributed by atoms with Gasteiger partial charge in [0.15, 0.2) is 0 Å². The molecule has 118 valence electrons. The molecule has 1 aliphatic rings. The minimum atomic E-state index is -4.11. The summed E-state index contributed by atoms with van der Waals surface area (Å²) in [7, 11) is 0. The van der Waals surface area contributed by atoms with Gasteiger partial charge < -0.3 is 5.32 Å². The van der Waals surface area contributed by atoms with E-state index in [2.05, 4.69) is 22.3 Å². The van der Waals surface area contributed by atoms with E-state index in [-0.39, 0.29) is 17.5 Å². The first-order valence-electron chi connectivity index (χ1n) is 7.23. The number of hydrogen-bond acceptors (Lipinski definition) is 3. The van der Waals surface area contributed by atoms with Crippen LogP contribution in [0.1, 0.15) is 18.4 Å². The number of rotatable bonds is 6. The molecule has 0 amide bonds. The van der Waals surface area contributed by atoms with Crippen LogP contribution in [0, 0.1) is 0 Å². The summed E-state index contributed by atoms with van der Waals surface area (Å²) in [5, 5.41) is 3.23. The smallest absolute Gasteiger partial charge is 0.313 e. The fourth-order valence-corrected chi connectivity index (χ4v) is 3.02. The Hall–Kier alpha value is -0.720. The van der Waals surface area contributed by atoms with E-state index in [9.17, 15) is 13.2 Å². The van der Waals surface area contributed by atoms with E-state index >= 15 is 0 Å². The molecule has 1 N–H and O–H groups in total. The third-order valence-electron chi connectivity index (χ3n) is 3.64. The molecule has 0 unspecified atom stereocenters. The van der Waals surface area contributed by atoms with Crippen molar-refractivity contribution in [3.8, 4) is 0 Å². The van der Waals surface area contributed by atoms with Gasteiger partial charge in [0.05, 0.1) is 0 Å². The molecule has 0 spiro atoms. The topological polar surface area (TPSA) is 15.3 Å². The second-order valence-corrected chi connectivity index (χ2v) is 6.44. The monoisotopic (exact) mass is 318 g/mol. The van der Waals surface area contributed by atoms with Gasteiger partial charge in [-0.3, -0.25) is 4.90 Å². The number of thioether (sulfide) groups is 1. The van der Waals surface area contributed by atoms with E-state index < -0.39 is 5.51 Å². The molecule has 2 rings (SSSR count). The summed E-state index contributed by atoms with van der Waals surface area (Å²) in [6.07, 6.45) is 2.01. The molecule has 1 aromatic carbocycles. The maximum atomic E-state index is 12.0. The Morgan fingerprint density at radius 3 is 2.43 bits per heavy atom. The minimum Gasteiger partial charge on any atom is -0.313 e. The molecule has 0 saturated carbocycles. The van der Waals surface area contributed by atoms with Crippen LogP contribution in [-0.4, -0.2) is 41.8 Å². The van der Waals surface area contributed by atoms with Crippen LogP contribution in [0.15, 0.2) is 30.3 Å². The van der Waals surface area contributed by atoms with Crippen LogP contribution >= 0.6 is 11.8 Å². The van der Waals surface area contributed by atoms with Crippen molar-refractivity contribution in [2.45, 2.75) is 30.9 Å². The Labute approximate surface area is 128 Å². The summed E-state index contributed by atoms with van der Waals surface area (Å²) in [5.74, 6) is 0.0910. The van der Waals surface area contributed by atoms with Crippen molar-refractivity contribution in [1.29, 1.82) is 0 Å². The fourth-order valence-electron chi connectivity index (χ4n) is 2.57. The van der Waals surface area contributed by atoms with Crippen molar-refractivity contribution in [3.05, 3.63) is 35.9 Å². The molecule has 1 fully saturated rings. The standard InChI is InChI=1S/C15H21F3N2S/c16-15(17,18)21-11-8-19-14-6-9-20(10-7-14)12-13-4-2-1-3-5-13/h1-5,14,19H,6-12H2. The van der Waals surface area contributed by atoms with Crippen LogP contribution < -0.4 is 5.32 Å². The second-order valence-electron chi connectivity index (χ2n) is 5.28. The van der Waals surface area contributed by atoms with Crippen molar-refractivity contribution in [3.63, 3.8) is 0 Å².